The molecular weight excluding hydrogens is 586 g/mol. The van der Waals surface area contributed by atoms with Gasteiger partial charge in [0.05, 0.1) is 11.9 Å². The molecule has 0 spiro atoms. The van der Waals surface area contributed by atoms with E-state index in [0.717, 1.165) is 46.3 Å². The van der Waals surface area contributed by atoms with E-state index in [0.29, 0.717) is 10.2 Å². The van der Waals surface area contributed by atoms with Crippen LogP contribution < -0.4 is 9.62 Å². The maximum atomic E-state index is 13.6. The molecule has 2 aromatic rings. The predicted molar refractivity (Wildman–Crippen MR) is 141 cm³/mol. The van der Waals surface area contributed by atoms with E-state index in [1.54, 1.807) is 31.2 Å². The van der Waals surface area contributed by atoms with Crippen molar-refractivity contribution in [3.8, 4) is 0 Å². The Balaban J connectivity index is 1.88. The first-order chi connectivity index (χ1) is 16.1. The second-order valence-electron chi connectivity index (χ2n) is 8.54. The molecule has 0 heterocycles. The van der Waals surface area contributed by atoms with Gasteiger partial charge < -0.3 is 10.2 Å². The number of hydrogen-bond donors (Lipinski definition) is 1. The van der Waals surface area contributed by atoms with Gasteiger partial charge in [0, 0.05) is 21.5 Å². The smallest absolute Gasteiger partial charge is 0.244 e. The third-order valence-corrected chi connectivity index (χ3v) is 8.26. The third kappa shape index (κ3) is 7.05. The molecule has 10 heteroatoms. The monoisotopic (exact) mass is 613 g/mol. The molecule has 1 unspecified atom stereocenters. The average Bonchev–Trinajstić information content (AvgIpc) is 3.29. The fourth-order valence-electron chi connectivity index (χ4n) is 4.01. The van der Waals surface area contributed by atoms with Crippen molar-refractivity contribution >= 4 is 59.4 Å². The largest absolute Gasteiger partial charge is 0.352 e. The molecular formula is C24H29Br2N3O4S. The summed E-state index contributed by atoms with van der Waals surface area (Å²) in [5.74, 6) is -0.692. The Labute approximate surface area is 218 Å². The van der Waals surface area contributed by atoms with E-state index < -0.39 is 28.5 Å². The molecule has 2 amide bonds. The molecule has 1 atom stereocenters. The molecule has 7 nitrogen and oxygen atoms in total. The number of hydrogen-bond acceptors (Lipinski definition) is 4. The first-order valence-corrected chi connectivity index (χ1v) is 14.6. The fourth-order valence-corrected chi connectivity index (χ4v) is 5.75. The molecule has 1 saturated carbocycles. The van der Waals surface area contributed by atoms with Gasteiger partial charge in [0.25, 0.3) is 0 Å². The van der Waals surface area contributed by atoms with Crippen LogP contribution in [0.1, 0.15) is 38.2 Å². The van der Waals surface area contributed by atoms with E-state index in [1.165, 1.54) is 4.90 Å². The Morgan fingerprint density at radius 3 is 2.26 bits per heavy atom. The first-order valence-electron chi connectivity index (χ1n) is 11.1. The summed E-state index contributed by atoms with van der Waals surface area (Å²) in [6.45, 7) is 1.45. The second kappa shape index (κ2) is 11.7. The third-order valence-electron chi connectivity index (χ3n) is 5.94. The van der Waals surface area contributed by atoms with Gasteiger partial charge in [-0.05, 0) is 65.5 Å². The number of para-hydroxylation sites is 1. The van der Waals surface area contributed by atoms with E-state index in [-0.39, 0.29) is 18.5 Å². The molecule has 0 aliphatic heterocycles. The quantitative estimate of drug-likeness (QED) is 0.452. The Kier molecular flexibility index (Phi) is 9.17. The van der Waals surface area contributed by atoms with Crippen LogP contribution in [0.15, 0.2) is 57.5 Å². The van der Waals surface area contributed by atoms with E-state index >= 15 is 0 Å². The van der Waals surface area contributed by atoms with Gasteiger partial charge in [-0.2, -0.15) is 0 Å². The molecule has 184 valence electrons. The minimum atomic E-state index is -3.76. The highest BCUT2D eigenvalue weighted by Gasteiger charge is 2.31. The summed E-state index contributed by atoms with van der Waals surface area (Å²) in [6, 6.07) is 13.6. The van der Waals surface area contributed by atoms with Crippen LogP contribution >= 0.6 is 31.9 Å². The first kappa shape index (κ1) is 26.7. The summed E-state index contributed by atoms with van der Waals surface area (Å²) in [5.41, 5.74) is 1.20. The van der Waals surface area contributed by atoms with Crippen LogP contribution in [0.4, 0.5) is 5.69 Å². The number of benzene rings is 2. The van der Waals surface area contributed by atoms with Crippen LogP contribution in [0.5, 0.6) is 0 Å². The molecule has 3 rings (SSSR count). The molecule has 1 aliphatic carbocycles. The molecule has 1 aliphatic rings. The van der Waals surface area contributed by atoms with Gasteiger partial charge in [0.15, 0.2) is 0 Å². The molecule has 34 heavy (non-hydrogen) atoms. The lowest BCUT2D eigenvalue weighted by Gasteiger charge is -2.32. The number of carbonyl (C=O) groups excluding carboxylic acids is 2. The minimum absolute atomic E-state index is 0.118. The van der Waals surface area contributed by atoms with E-state index in [4.69, 9.17) is 0 Å². The van der Waals surface area contributed by atoms with E-state index in [2.05, 4.69) is 37.2 Å². The Hall–Kier alpha value is -1.91. The van der Waals surface area contributed by atoms with E-state index in [1.807, 2.05) is 24.3 Å². The molecule has 0 bridgehead atoms. The number of amides is 2. The van der Waals surface area contributed by atoms with Gasteiger partial charge in [-0.3, -0.25) is 13.9 Å². The summed E-state index contributed by atoms with van der Waals surface area (Å²) in [4.78, 5) is 28.0. The van der Waals surface area contributed by atoms with Crippen molar-refractivity contribution < 1.29 is 18.0 Å². The number of nitrogens with zero attached hydrogens (tertiary/aromatic N) is 2. The molecule has 1 fully saturated rings. The lowest BCUT2D eigenvalue weighted by atomic mass is 10.1. The molecule has 0 radical (unpaired) electrons. The maximum Gasteiger partial charge on any atom is 0.244 e. The zero-order valence-electron chi connectivity index (χ0n) is 19.2. The van der Waals surface area contributed by atoms with Gasteiger partial charge in [-0.15, -0.1) is 0 Å². The van der Waals surface area contributed by atoms with Crippen molar-refractivity contribution in [2.24, 2.45) is 0 Å². The van der Waals surface area contributed by atoms with Gasteiger partial charge in [0.1, 0.15) is 12.6 Å². The van der Waals surface area contributed by atoms with Crippen molar-refractivity contribution in [3.05, 3.63) is 63.0 Å². The minimum Gasteiger partial charge on any atom is -0.352 e. The van der Waals surface area contributed by atoms with Gasteiger partial charge in [-0.1, -0.05) is 53.0 Å². The highest BCUT2D eigenvalue weighted by atomic mass is 79.9. The summed E-state index contributed by atoms with van der Waals surface area (Å²) >= 11 is 6.78. The van der Waals surface area contributed by atoms with Crippen LogP contribution in [-0.2, 0) is 26.2 Å². The molecule has 0 aromatic heterocycles. The number of carbonyl (C=O) groups is 2. The number of anilines is 1. The van der Waals surface area contributed by atoms with E-state index in [9.17, 15) is 18.0 Å². The standard InChI is InChI=1S/C24H29Br2N3O4S/c1-17(24(31)27-20-7-3-4-8-20)28(15-18-11-13-19(25)14-12-18)23(30)16-29(34(2,32)33)22-10-6-5-9-21(22)26/h5-6,9-14,17,20H,3-4,7-8,15-16H2,1-2H3,(H,27,31). The van der Waals surface area contributed by atoms with Crippen molar-refractivity contribution in [3.63, 3.8) is 0 Å². The zero-order valence-corrected chi connectivity index (χ0v) is 23.2. The number of halogens is 2. The SMILES string of the molecule is CC(C(=O)NC1CCCC1)N(Cc1ccc(Br)cc1)C(=O)CN(c1ccccc1Br)S(C)(=O)=O. The van der Waals surface area contributed by atoms with Crippen molar-refractivity contribution in [1.82, 2.24) is 10.2 Å². The Morgan fingerprint density at radius 2 is 1.68 bits per heavy atom. The predicted octanol–water partition coefficient (Wildman–Crippen LogP) is 4.45. The highest BCUT2D eigenvalue weighted by Crippen LogP contribution is 2.28. The Bertz CT molecular complexity index is 1120. The Morgan fingerprint density at radius 1 is 1.06 bits per heavy atom. The fraction of sp³-hybridized carbons (Fsp3) is 0.417. The van der Waals surface area contributed by atoms with Crippen molar-refractivity contribution in [1.29, 1.82) is 0 Å². The zero-order chi connectivity index (χ0) is 24.9. The lowest BCUT2D eigenvalue weighted by Crippen LogP contribution is -2.52. The molecule has 0 saturated heterocycles. The number of rotatable bonds is 9. The van der Waals surface area contributed by atoms with Gasteiger partial charge in [-0.25, -0.2) is 8.42 Å². The summed E-state index contributed by atoms with van der Waals surface area (Å²) in [6.07, 6.45) is 5.09. The highest BCUT2D eigenvalue weighted by molar-refractivity contribution is 9.10. The van der Waals surface area contributed by atoms with Crippen LogP contribution in [0.2, 0.25) is 0 Å². The molecule has 1 N–H and O–H groups in total. The van der Waals surface area contributed by atoms with Gasteiger partial charge in [0.2, 0.25) is 21.8 Å². The average molecular weight is 615 g/mol. The number of sulfonamides is 1. The lowest BCUT2D eigenvalue weighted by molar-refractivity contribution is -0.139. The van der Waals surface area contributed by atoms with Crippen molar-refractivity contribution in [2.45, 2.75) is 51.2 Å². The van der Waals surface area contributed by atoms with Crippen LogP contribution in [-0.4, -0.2) is 50.0 Å². The molecule has 2 aromatic carbocycles. The summed E-state index contributed by atoms with van der Waals surface area (Å²) in [7, 11) is -3.76. The van der Waals surface area contributed by atoms with Crippen molar-refractivity contribution in [2.75, 3.05) is 17.1 Å². The van der Waals surface area contributed by atoms with Crippen LogP contribution in [0, 0.1) is 0 Å². The normalized spacial score (nSPS) is 15.1. The summed E-state index contributed by atoms with van der Waals surface area (Å²) < 4.78 is 27.8. The number of nitrogens with one attached hydrogen (secondary N) is 1. The van der Waals surface area contributed by atoms with Crippen LogP contribution in [0.3, 0.4) is 0 Å². The second-order valence-corrected chi connectivity index (χ2v) is 12.2. The van der Waals surface area contributed by atoms with Gasteiger partial charge >= 0.3 is 0 Å². The maximum absolute atomic E-state index is 13.6. The summed E-state index contributed by atoms with van der Waals surface area (Å²) in [5, 5.41) is 3.05. The topological polar surface area (TPSA) is 86.8 Å². The van der Waals surface area contributed by atoms with Crippen LogP contribution in [0.25, 0.3) is 0 Å².